The van der Waals surface area contributed by atoms with Gasteiger partial charge in [0.25, 0.3) is 5.91 Å². The molecule has 0 unspecified atom stereocenters. The number of ether oxygens (including phenoxy) is 1. The standard InChI is InChI=1S/C14H15F4NO2/c1-21-11-5-3-2-4-9(11)8-19(10-6-7-10)13(20)14(17,18)12(15)16/h2-5,10,12H,6-8H2,1H3. The molecular weight excluding hydrogens is 290 g/mol. The van der Waals surface area contributed by atoms with Crippen molar-refractivity contribution in [3.8, 4) is 5.75 Å². The Bertz CT molecular complexity index is 517. The maximum absolute atomic E-state index is 13.3. The molecule has 0 heterocycles. The Morgan fingerprint density at radius 3 is 2.52 bits per heavy atom. The molecule has 3 nitrogen and oxygen atoms in total. The van der Waals surface area contributed by atoms with Crippen molar-refractivity contribution < 1.29 is 27.1 Å². The maximum Gasteiger partial charge on any atom is 0.383 e. The van der Waals surface area contributed by atoms with E-state index in [1.807, 2.05) is 0 Å². The van der Waals surface area contributed by atoms with E-state index in [2.05, 4.69) is 0 Å². The predicted molar refractivity (Wildman–Crippen MR) is 67.5 cm³/mol. The van der Waals surface area contributed by atoms with Gasteiger partial charge in [-0.25, -0.2) is 8.78 Å². The summed E-state index contributed by atoms with van der Waals surface area (Å²) < 4.78 is 56.4. The molecule has 0 saturated heterocycles. The van der Waals surface area contributed by atoms with Gasteiger partial charge < -0.3 is 9.64 Å². The van der Waals surface area contributed by atoms with Crippen LogP contribution in [0.2, 0.25) is 0 Å². The summed E-state index contributed by atoms with van der Waals surface area (Å²) in [7, 11) is 1.41. The molecular formula is C14H15F4NO2. The number of nitrogens with zero attached hydrogens (tertiary/aromatic N) is 1. The molecule has 1 amide bonds. The highest BCUT2D eigenvalue weighted by atomic mass is 19.3. The van der Waals surface area contributed by atoms with Crippen LogP contribution >= 0.6 is 0 Å². The molecule has 0 aromatic heterocycles. The summed E-state index contributed by atoms with van der Waals surface area (Å²) in [6, 6.07) is 6.18. The number of halogens is 4. The molecule has 0 spiro atoms. The third kappa shape index (κ3) is 3.28. The molecule has 1 aliphatic rings. The molecule has 0 aliphatic heterocycles. The number of para-hydroxylation sites is 1. The van der Waals surface area contributed by atoms with Gasteiger partial charge in [0.1, 0.15) is 5.75 Å². The lowest BCUT2D eigenvalue weighted by Crippen LogP contribution is -2.48. The number of carbonyl (C=O) groups excluding carboxylic acids is 1. The zero-order valence-electron chi connectivity index (χ0n) is 11.4. The Morgan fingerprint density at radius 2 is 2.00 bits per heavy atom. The van der Waals surface area contributed by atoms with Gasteiger partial charge in [0.05, 0.1) is 7.11 Å². The fraction of sp³-hybridized carbons (Fsp3) is 0.500. The summed E-state index contributed by atoms with van der Waals surface area (Å²) in [5, 5.41) is 0. The van der Waals surface area contributed by atoms with E-state index in [4.69, 9.17) is 4.74 Å². The highest BCUT2D eigenvalue weighted by Crippen LogP contribution is 2.35. The first-order valence-corrected chi connectivity index (χ1v) is 6.47. The minimum Gasteiger partial charge on any atom is -0.496 e. The van der Waals surface area contributed by atoms with Gasteiger partial charge in [0, 0.05) is 18.2 Å². The molecule has 21 heavy (non-hydrogen) atoms. The van der Waals surface area contributed by atoms with Crippen molar-refractivity contribution in [3.63, 3.8) is 0 Å². The van der Waals surface area contributed by atoms with Gasteiger partial charge in [-0.3, -0.25) is 4.79 Å². The Labute approximate surface area is 119 Å². The molecule has 0 bridgehead atoms. The molecule has 1 aromatic carbocycles. The summed E-state index contributed by atoms with van der Waals surface area (Å²) in [4.78, 5) is 12.6. The largest absolute Gasteiger partial charge is 0.496 e. The minimum absolute atomic E-state index is 0.171. The van der Waals surface area contributed by atoms with Gasteiger partial charge in [-0.2, -0.15) is 8.78 Å². The monoisotopic (exact) mass is 305 g/mol. The lowest BCUT2D eigenvalue weighted by molar-refractivity contribution is -0.181. The van der Waals surface area contributed by atoms with Crippen molar-refractivity contribution in [2.45, 2.75) is 37.8 Å². The van der Waals surface area contributed by atoms with Crippen LogP contribution in [0.1, 0.15) is 18.4 Å². The van der Waals surface area contributed by atoms with Gasteiger partial charge in [0.15, 0.2) is 0 Å². The number of carbonyl (C=O) groups is 1. The van der Waals surface area contributed by atoms with Crippen molar-refractivity contribution in [1.29, 1.82) is 0 Å². The van der Waals surface area contributed by atoms with Gasteiger partial charge >= 0.3 is 12.3 Å². The maximum atomic E-state index is 13.3. The summed E-state index contributed by atoms with van der Waals surface area (Å²) in [6.07, 6.45) is -2.93. The van der Waals surface area contributed by atoms with Crippen LogP contribution in [0.4, 0.5) is 17.6 Å². The third-order valence-electron chi connectivity index (χ3n) is 3.34. The molecule has 1 saturated carbocycles. The van der Waals surface area contributed by atoms with Crippen LogP contribution in [-0.4, -0.2) is 36.3 Å². The summed E-state index contributed by atoms with van der Waals surface area (Å²) in [5.41, 5.74) is 0.505. The van der Waals surface area contributed by atoms with Crippen LogP contribution in [0, 0.1) is 0 Å². The number of alkyl halides is 4. The highest BCUT2D eigenvalue weighted by Gasteiger charge is 2.53. The first-order valence-electron chi connectivity index (χ1n) is 6.47. The Morgan fingerprint density at radius 1 is 1.38 bits per heavy atom. The zero-order chi connectivity index (χ0) is 15.6. The quantitative estimate of drug-likeness (QED) is 0.756. The van der Waals surface area contributed by atoms with Crippen molar-refractivity contribution in [1.82, 2.24) is 4.90 Å². The van der Waals surface area contributed by atoms with Gasteiger partial charge in [-0.05, 0) is 18.9 Å². The Hall–Kier alpha value is -1.79. The molecule has 0 radical (unpaired) electrons. The van der Waals surface area contributed by atoms with Crippen LogP contribution in [0.5, 0.6) is 5.75 Å². The van der Waals surface area contributed by atoms with Crippen molar-refractivity contribution in [2.24, 2.45) is 0 Å². The van der Waals surface area contributed by atoms with Gasteiger partial charge in [-0.1, -0.05) is 18.2 Å². The molecule has 0 atom stereocenters. The SMILES string of the molecule is COc1ccccc1CN(C(=O)C(F)(F)C(F)F)C1CC1. The highest BCUT2D eigenvalue weighted by molar-refractivity contribution is 5.84. The molecule has 2 rings (SSSR count). The van der Waals surface area contributed by atoms with E-state index in [9.17, 15) is 22.4 Å². The fourth-order valence-corrected chi connectivity index (χ4v) is 2.05. The average molecular weight is 305 g/mol. The lowest BCUT2D eigenvalue weighted by atomic mass is 10.1. The average Bonchev–Trinajstić information content (AvgIpc) is 3.28. The number of rotatable bonds is 6. The van der Waals surface area contributed by atoms with Crippen LogP contribution in [0.25, 0.3) is 0 Å². The normalized spacial score (nSPS) is 15.1. The lowest BCUT2D eigenvalue weighted by Gasteiger charge is -2.27. The number of benzene rings is 1. The van der Waals surface area contributed by atoms with E-state index in [1.54, 1.807) is 24.3 Å². The summed E-state index contributed by atoms with van der Waals surface area (Å²) in [5.74, 6) is -6.06. The van der Waals surface area contributed by atoms with Gasteiger partial charge in [-0.15, -0.1) is 0 Å². The van der Waals surface area contributed by atoms with Crippen molar-refractivity contribution in [2.75, 3.05) is 7.11 Å². The minimum atomic E-state index is -4.66. The first-order chi connectivity index (χ1) is 9.87. The topological polar surface area (TPSA) is 29.5 Å². The van der Waals surface area contributed by atoms with E-state index < -0.39 is 24.3 Å². The Balaban J connectivity index is 2.22. The third-order valence-corrected chi connectivity index (χ3v) is 3.34. The number of amides is 1. The van der Waals surface area contributed by atoms with Gasteiger partial charge in [0.2, 0.25) is 0 Å². The Kier molecular flexibility index (Phi) is 4.39. The number of hydrogen-bond acceptors (Lipinski definition) is 2. The second-order valence-corrected chi connectivity index (χ2v) is 4.90. The van der Waals surface area contributed by atoms with E-state index in [-0.39, 0.29) is 6.54 Å². The molecule has 1 fully saturated rings. The zero-order valence-corrected chi connectivity index (χ0v) is 11.4. The molecule has 1 aliphatic carbocycles. The molecule has 1 aromatic rings. The van der Waals surface area contributed by atoms with E-state index >= 15 is 0 Å². The van der Waals surface area contributed by atoms with E-state index in [0.717, 1.165) is 4.90 Å². The number of hydrogen-bond donors (Lipinski definition) is 0. The second kappa shape index (κ2) is 5.91. The molecule has 116 valence electrons. The first kappa shape index (κ1) is 15.6. The van der Waals surface area contributed by atoms with Crippen molar-refractivity contribution in [3.05, 3.63) is 29.8 Å². The smallest absolute Gasteiger partial charge is 0.383 e. The fourth-order valence-electron chi connectivity index (χ4n) is 2.05. The summed E-state index contributed by atoms with van der Waals surface area (Å²) >= 11 is 0. The van der Waals surface area contributed by atoms with Crippen LogP contribution in [0.3, 0.4) is 0 Å². The van der Waals surface area contributed by atoms with E-state index in [0.29, 0.717) is 24.2 Å². The number of methoxy groups -OCH3 is 1. The van der Waals surface area contributed by atoms with E-state index in [1.165, 1.54) is 7.11 Å². The predicted octanol–water partition coefficient (Wildman–Crippen LogP) is 3.09. The van der Waals surface area contributed by atoms with Crippen LogP contribution in [0.15, 0.2) is 24.3 Å². The summed E-state index contributed by atoms with van der Waals surface area (Å²) in [6.45, 7) is -0.171. The van der Waals surface area contributed by atoms with Crippen LogP contribution < -0.4 is 4.74 Å². The van der Waals surface area contributed by atoms with Crippen LogP contribution in [-0.2, 0) is 11.3 Å². The second-order valence-electron chi connectivity index (χ2n) is 4.90. The van der Waals surface area contributed by atoms with Crippen molar-refractivity contribution >= 4 is 5.91 Å². The molecule has 7 heteroatoms. The molecule has 0 N–H and O–H groups in total.